The predicted octanol–water partition coefficient (Wildman–Crippen LogP) is 3.57. The van der Waals surface area contributed by atoms with E-state index < -0.39 is 0 Å². The normalized spacial score (nSPS) is 18.1. The van der Waals surface area contributed by atoms with Gasteiger partial charge >= 0.3 is 0 Å². The monoisotopic (exact) mass is 399 g/mol. The van der Waals surface area contributed by atoms with E-state index in [1.54, 1.807) is 12.1 Å². The van der Waals surface area contributed by atoms with Crippen LogP contribution in [-0.4, -0.2) is 33.4 Å². The van der Waals surface area contributed by atoms with Crippen LogP contribution in [0.25, 0.3) is 0 Å². The second-order valence-electron chi connectivity index (χ2n) is 4.83. The number of rotatable bonds is 6. The van der Waals surface area contributed by atoms with Gasteiger partial charge in [-0.05, 0) is 24.8 Å². The van der Waals surface area contributed by atoms with E-state index in [-0.39, 0.29) is 10.6 Å². The van der Waals surface area contributed by atoms with Crippen molar-refractivity contribution in [2.75, 3.05) is 22.4 Å². The Kier molecular flexibility index (Phi) is 5.60. The van der Waals surface area contributed by atoms with Gasteiger partial charge in [0.2, 0.25) is 0 Å². The maximum absolute atomic E-state index is 10.7. The van der Waals surface area contributed by atoms with Gasteiger partial charge in [-0.2, -0.15) is 0 Å². The smallest absolute Gasteiger partial charge is 0.269 e. The zero-order valence-corrected chi connectivity index (χ0v) is 13.8. The second kappa shape index (κ2) is 7.44. The molecular weight excluding hydrogens is 381 g/mol. The van der Waals surface area contributed by atoms with Crippen LogP contribution in [0.1, 0.15) is 6.42 Å². The molecule has 1 aliphatic heterocycles. The van der Waals surface area contributed by atoms with Crippen LogP contribution in [0.2, 0.25) is 0 Å². The molecule has 0 spiro atoms. The molecule has 1 aromatic carbocycles. The fraction of sp³-hybridized carbons (Fsp3) is 0.333. The van der Waals surface area contributed by atoms with Gasteiger partial charge in [-0.1, -0.05) is 35.2 Å². The molecule has 1 heterocycles. The maximum atomic E-state index is 10.7. The number of hydrogen-bond donors (Lipinski definition) is 0. The molecule has 0 aromatic heterocycles. The summed E-state index contributed by atoms with van der Waals surface area (Å²) in [4.78, 5) is 14.7. The summed E-state index contributed by atoms with van der Waals surface area (Å²) in [6.45, 7) is 5.71. The number of nitrogens with zero attached hydrogens (tertiary/aromatic N) is 3. The zero-order valence-electron chi connectivity index (χ0n) is 11.7. The Bertz CT molecular complexity index is 530. The van der Waals surface area contributed by atoms with E-state index in [1.165, 1.54) is 0 Å². The van der Waals surface area contributed by atoms with E-state index in [0.29, 0.717) is 6.04 Å². The molecule has 5 nitrogen and oxygen atoms in total. The molecule has 1 atom stereocenters. The largest absolute Gasteiger partial charge is 0.369 e. The lowest BCUT2D eigenvalue weighted by atomic mass is 10.2. The first-order chi connectivity index (χ1) is 10.2. The van der Waals surface area contributed by atoms with Gasteiger partial charge in [-0.3, -0.25) is 10.1 Å². The summed E-state index contributed by atoms with van der Waals surface area (Å²) in [5, 5.41) is 10.7. The van der Waals surface area contributed by atoms with Gasteiger partial charge in [0.1, 0.15) is 0 Å². The lowest BCUT2D eigenvalue weighted by molar-refractivity contribution is -0.384. The van der Waals surface area contributed by atoms with Gasteiger partial charge in [-0.25, -0.2) is 0 Å². The molecule has 1 aromatic rings. The van der Waals surface area contributed by atoms with Crippen LogP contribution in [0, 0.1) is 10.1 Å². The minimum atomic E-state index is -0.370. The van der Waals surface area contributed by atoms with E-state index in [9.17, 15) is 10.1 Å². The summed E-state index contributed by atoms with van der Waals surface area (Å²) in [7, 11) is 0. The summed E-state index contributed by atoms with van der Waals surface area (Å²) >= 11 is 2.31. The maximum Gasteiger partial charge on any atom is 0.269 e. The molecule has 112 valence electrons. The standard InChI is InChI=1S/C15H18IN3O2/c1-2-17(10-3-9-16)15-8-11-18(12-15)13-4-6-14(7-5-13)19(20)21/h2-7,10,15H,1,8-9,11-12H2/b10-3-. The number of anilines is 1. The quantitative estimate of drug-likeness (QED) is 0.318. The topological polar surface area (TPSA) is 49.6 Å². The van der Waals surface area contributed by atoms with Crippen LogP contribution in [0.3, 0.4) is 0 Å². The highest BCUT2D eigenvalue weighted by Crippen LogP contribution is 2.25. The molecule has 6 heteroatoms. The van der Waals surface area contributed by atoms with Gasteiger partial charge in [0.05, 0.1) is 11.0 Å². The molecule has 21 heavy (non-hydrogen) atoms. The predicted molar refractivity (Wildman–Crippen MR) is 93.8 cm³/mol. The van der Waals surface area contributed by atoms with Crippen molar-refractivity contribution in [3.05, 3.63) is 59.4 Å². The fourth-order valence-electron chi connectivity index (χ4n) is 2.50. The second-order valence-corrected chi connectivity index (χ2v) is 5.71. The molecule has 0 amide bonds. The van der Waals surface area contributed by atoms with Gasteiger partial charge in [0.15, 0.2) is 0 Å². The van der Waals surface area contributed by atoms with Crippen molar-refractivity contribution in [3.63, 3.8) is 0 Å². The molecule has 0 N–H and O–H groups in total. The number of benzene rings is 1. The average molecular weight is 399 g/mol. The number of halogens is 1. The van der Waals surface area contributed by atoms with Crippen molar-refractivity contribution in [2.24, 2.45) is 0 Å². The highest BCUT2D eigenvalue weighted by atomic mass is 127. The minimum Gasteiger partial charge on any atom is -0.369 e. The number of non-ortho nitro benzene ring substituents is 1. The number of nitro benzene ring substituents is 1. The van der Waals surface area contributed by atoms with E-state index in [1.807, 2.05) is 18.3 Å². The van der Waals surface area contributed by atoms with E-state index in [2.05, 4.69) is 51.2 Å². The van der Waals surface area contributed by atoms with Crippen molar-refractivity contribution in [1.82, 2.24) is 4.90 Å². The molecule has 2 rings (SSSR count). The van der Waals surface area contributed by atoms with Crippen molar-refractivity contribution in [3.8, 4) is 0 Å². The summed E-state index contributed by atoms with van der Waals surface area (Å²) < 4.78 is 0.973. The molecule has 1 unspecified atom stereocenters. The SMILES string of the molecule is C=CN(/C=C\CI)C1CCN(c2ccc([N+](=O)[O-])cc2)C1. The molecular formula is C15H18IN3O2. The Morgan fingerprint density at radius 2 is 2.19 bits per heavy atom. The lowest BCUT2D eigenvalue weighted by Crippen LogP contribution is -2.30. The Balaban J connectivity index is 2.02. The van der Waals surface area contributed by atoms with Crippen LogP contribution < -0.4 is 4.90 Å². The Labute approximate surface area is 138 Å². The van der Waals surface area contributed by atoms with Gasteiger partial charge in [-0.15, -0.1) is 0 Å². The summed E-state index contributed by atoms with van der Waals surface area (Å²) in [6.07, 6.45) is 7.08. The third-order valence-corrected chi connectivity index (χ3v) is 4.10. The van der Waals surface area contributed by atoms with Crippen LogP contribution in [0.5, 0.6) is 0 Å². The highest BCUT2D eigenvalue weighted by Gasteiger charge is 2.25. The summed E-state index contributed by atoms with van der Waals surface area (Å²) in [6, 6.07) is 7.16. The first-order valence-corrected chi connectivity index (χ1v) is 8.30. The first-order valence-electron chi connectivity index (χ1n) is 6.77. The summed E-state index contributed by atoms with van der Waals surface area (Å²) in [5.41, 5.74) is 1.16. The third kappa shape index (κ3) is 3.96. The van der Waals surface area contributed by atoms with Gasteiger partial charge < -0.3 is 9.80 Å². The zero-order chi connectivity index (χ0) is 15.2. The Morgan fingerprint density at radius 3 is 2.76 bits per heavy atom. The number of hydrogen-bond acceptors (Lipinski definition) is 4. The van der Waals surface area contributed by atoms with Gasteiger partial charge in [0.25, 0.3) is 5.69 Å². The Morgan fingerprint density at radius 1 is 1.48 bits per heavy atom. The molecule has 1 saturated heterocycles. The van der Waals surface area contributed by atoms with Crippen LogP contribution in [0.4, 0.5) is 11.4 Å². The molecule has 0 radical (unpaired) electrons. The average Bonchev–Trinajstić information content (AvgIpc) is 2.98. The molecule has 0 aliphatic carbocycles. The van der Waals surface area contributed by atoms with E-state index in [4.69, 9.17) is 0 Å². The van der Waals surface area contributed by atoms with Crippen molar-refractivity contribution in [2.45, 2.75) is 12.5 Å². The number of allylic oxidation sites excluding steroid dienone is 1. The van der Waals surface area contributed by atoms with Gasteiger partial charge in [0, 0.05) is 41.5 Å². The third-order valence-electron chi connectivity index (χ3n) is 3.59. The number of alkyl halides is 1. The molecule has 0 saturated carbocycles. The van der Waals surface area contributed by atoms with Crippen molar-refractivity contribution >= 4 is 34.0 Å². The number of nitro groups is 1. The highest BCUT2D eigenvalue weighted by molar-refractivity contribution is 14.1. The van der Waals surface area contributed by atoms with E-state index in [0.717, 1.165) is 29.6 Å². The first kappa shape index (κ1) is 15.8. The van der Waals surface area contributed by atoms with Crippen molar-refractivity contribution < 1.29 is 4.92 Å². The van der Waals surface area contributed by atoms with Crippen LogP contribution >= 0.6 is 22.6 Å². The van der Waals surface area contributed by atoms with Crippen LogP contribution in [0.15, 0.2) is 49.3 Å². The minimum absolute atomic E-state index is 0.132. The molecule has 0 bridgehead atoms. The van der Waals surface area contributed by atoms with Crippen molar-refractivity contribution in [1.29, 1.82) is 0 Å². The summed E-state index contributed by atoms with van der Waals surface area (Å²) in [5.74, 6) is 0. The lowest BCUT2D eigenvalue weighted by Gasteiger charge is -2.24. The van der Waals surface area contributed by atoms with Crippen LogP contribution in [-0.2, 0) is 0 Å². The molecule has 1 fully saturated rings. The fourth-order valence-corrected chi connectivity index (χ4v) is 2.73. The van der Waals surface area contributed by atoms with E-state index >= 15 is 0 Å². The Hall–Kier alpha value is -1.57. The molecule has 1 aliphatic rings.